The molecule has 5 nitrogen and oxygen atoms in total. The number of anilines is 1. The minimum absolute atomic E-state index is 0.0675. The van der Waals surface area contributed by atoms with Gasteiger partial charge in [0.25, 0.3) is 5.56 Å². The lowest BCUT2D eigenvalue weighted by molar-refractivity contribution is 0.186. The third kappa shape index (κ3) is 1.90. The lowest BCUT2D eigenvalue weighted by Crippen LogP contribution is -2.22. The molecule has 1 heterocycles. The van der Waals surface area contributed by atoms with Gasteiger partial charge in [-0.1, -0.05) is 0 Å². The molecule has 2 aromatic rings. The fourth-order valence-electron chi connectivity index (χ4n) is 1.52. The van der Waals surface area contributed by atoms with Gasteiger partial charge in [0.2, 0.25) is 0 Å². The highest BCUT2D eigenvalue weighted by Gasteiger charge is 2.03. The summed E-state index contributed by atoms with van der Waals surface area (Å²) in [6.07, 6.45) is 1.52. The van der Waals surface area contributed by atoms with Gasteiger partial charge in [0.1, 0.15) is 0 Å². The van der Waals surface area contributed by atoms with Crippen LogP contribution in [0.1, 0.15) is 0 Å². The number of aromatic nitrogens is 2. The Hall–Kier alpha value is -1.88. The number of nitrogens with two attached hydrogens (primary N) is 1. The van der Waals surface area contributed by atoms with Gasteiger partial charge in [0.05, 0.1) is 30.4 Å². The molecule has 0 radical (unpaired) electrons. The molecule has 16 heavy (non-hydrogen) atoms. The fraction of sp³-hybridized carbons (Fsp3) is 0.273. The van der Waals surface area contributed by atoms with Crippen molar-refractivity contribution in [1.29, 1.82) is 0 Å². The molecule has 0 bridgehead atoms. The average molecular weight is 219 g/mol. The van der Waals surface area contributed by atoms with E-state index in [9.17, 15) is 4.79 Å². The Morgan fingerprint density at radius 1 is 1.50 bits per heavy atom. The molecule has 1 aromatic heterocycles. The van der Waals surface area contributed by atoms with Crippen LogP contribution in [-0.4, -0.2) is 23.3 Å². The largest absolute Gasteiger partial charge is 0.399 e. The van der Waals surface area contributed by atoms with E-state index in [1.807, 2.05) is 0 Å². The molecule has 0 aliphatic heterocycles. The standard InChI is InChI=1S/C11H13N3O2/c1-16-5-4-14-7-13-10-6-8(12)2-3-9(10)11(14)15/h2-3,6-7H,4-5,12H2,1H3. The van der Waals surface area contributed by atoms with E-state index in [1.165, 1.54) is 10.9 Å². The van der Waals surface area contributed by atoms with E-state index in [0.717, 1.165) is 0 Å². The van der Waals surface area contributed by atoms with Gasteiger partial charge in [0, 0.05) is 12.8 Å². The maximum absolute atomic E-state index is 12.0. The van der Waals surface area contributed by atoms with Gasteiger partial charge in [-0.2, -0.15) is 0 Å². The first kappa shape index (κ1) is 10.6. The van der Waals surface area contributed by atoms with Crippen LogP contribution in [0.15, 0.2) is 29.3 Å². The predicted molar refractivity (Wildman–Crippen MR) is 62.3 cm³/mol. The van der Waals surface area contributed by atoms with Crippen LogP contribution in [0.5, 0.6) is 0 Å². The Labute approximate surface area is 92.5 Å². The Bertz CT molecular complexity index is 563. The van der Waals surface area contributed by atoms with Crippen molar-refractivity contribution in [1.82, 2.24) is 9.55 Å². The Balaban J connectivity index is 2.53. The normalized spacial score (nSPS) is 10.8. The molecule has 0 amide bonds. The van der Waals surface area contributed by atoms with Crippen LogP contribution in [0.2, 0.25) is 0 Å². The SMILES string of the molecule is COCCn1cnc2cc(N)ccc2c1=O. The number of ether oxygens (including phenoxy) is 1. The third-order valence-corrected chi connectivity index (χ3v) is 2.39. The number of nitrogens with zero attached hydrogens (tertiary/aromatic N) is 2. The number of rotatable bonds is 3. The molecule has 84 valence electrons. The molecule has 0 atom stereocenters. The molecular formula is C11H13N3O2. The molecule has 0 aliphatic rings. The highest BCUT2D eigenvalue weighted by atomic mass is 16.5. The molecule has 0 spiro atoms. The third-order valence-electron chi connectivity index (χ3n) is 2.39. The van der Waals surface area contributed by atoms with Crippen molar-refractivity contribution < 1.29 is 4.74 Å². The summed E-state index contributed by atoms with van der Waals surface area (Å²) >= 11 is 0. The zero-order valence-electron chi connectivity index (χ0n) is 9.01. The lowest BCUT2D eigenvalue weighted by Gasteiger charge is -2.05. The summed E-state index contributed by atoms with van der Waals surface area (Å²) in [5.41, 5.74) is 6.79. The predicted octanol–water partition coefficient (Wildman–Crippen LogP) is 0.625. The van der Waals surface area contributed by atoms with Gasteiger partial charge in [-0.05, 0) is 18.2 Å². The van der Waals surface area contributed by atoms with E-state index in [4.69, 9.17) is 10.5 Å². The molecule has 2 N–H and O–H groups in total. The summed E-state index contributed by atoms with van der Waals surface area (Å²) in [6, 6.07) is 5.09. The second-order valence-corrected chi connectivity index (χ2v) is 3.51. The average Bonchev–Trinajstić information content (AvgIpc) is 2.28. The van der Waals surface area contributed by atoms with Crippen LogP contribution < -0.4 is 11.3 Å². The summed E-state index contributed by atoms with van der Waals surface area (Å²) in [7, 11) is 1.60. The van der Waals surface area contributed by atoms with Crippen LogP contribution in [-0.2, 0) is 11.3 Å². The molecule has 5 heteroatoms. The van der Waals surface area contributed by atoms with Gasteiger partial charge in [0.15, 0.2) is 0 Å². The zero-order chi connectivity index (χ0) is 11.5. The van der Waals surface area contributed by atoms with Crippen molar-refractivity contribution in [3.63, 3.8) is 0 Å². The van der Waals surface area contributed by atoms with Crippen molar-refractivity contribution in [2.45, 2.75) is 6.54 Å². The summed E-state index contributed by atoms with van der Waals surface area (Å²) in [4.78, 5) is 16.2. The second-order valence-electron chi connectivity index (χ2n) is 3.51. The van der Waals surface area contributed by atoms with Gasteiger partial charge < -0.3 is 10.5 Å². The first-order chi connectivity index (χ1) is 7.72. The van der Waals surface area contributed by atoms with Crippen molar-refractivity contribution in [3.05, 3.63) is 34.9 Å². The monoisotopic (exact) mass is 219 g/mol. The molecule has 0 fully saturated rings. The topological polar surface area (TPSA) is 70.1 Å². The van der Waals surface area contributed by atoms with E-state index in [0.29, 0.717) is 29.7 Å². The first-order valence-electron chi connectivity index (χ1n) is 4.96. The summed E-state index contributed by atoms with van der Waals surface area (Å²) in [5, 5.41) is 0.577. The van der Waals surface area contributed by atoms with E-state index in [2.05, 4.69) is 4.98 Å². The van der Waals surface area contributed by atoms with E-state index >= 15 is 0 Å². The maximum Gasteiger partial charge on any atom is 0.261 e. The van der Waals surface area contributed by atoms with Gasteiger partial charge in [-0.25, -0.2) is 4.98 Å². The lowest BCUT2D eigenvalue weighted by atomic mass is 10.2. The van der Waals surface area contributed by atoms with Crippen molar-refractivity contribution >= 4 is 16.6 Å². The number of fused-ring (bicyclic) bond motifs is 1. The summed E-state index contributed by atoms with van der Waals surface area (Å²) in [5.74, 6) is 0. The molecule has 0 unspecified atom stereocenters. The maximum atomic E-state index is 12.0. The van der Waals surface area contributed by atoms with Crippen LogP contribution in [0.4, 0.5) is 5.69 Å². The van der Waals surface area contributed by atoms with Crippen LogP contribution in [0, 0.1) is 0 Å². The summed E-state index contributed by atoms with van der Waals surface area (Å²) in [6.45, 7) is 0.991. The van der Waals surface area contributed by atoms with Gasteiger partial charge >= 0.3 is 0 Å². The molecule has 2 rings (SSSR count). The Morgan fingerprint density at radius 3 is 3.06 bits per heavy atom. The number of nitrogen functional groups attached to an aromatic ring is 1. The first-order valence-corrected chi connectivity index (χ1v) is 4.96. The summed E-state index contributed by atoms with van der Waals surface area (Å²) < 4.78 is 6.45. The van der Waals surface area contributed by atoms with Crippen LogP contribution in [0.3, 0.4) is 0 Å². The fourth-order valence-corrected chi connectivity index (χ4v) is 1.52. The van der Waals surface area contributed by atoms with E-state index in [-0.39, 0.29) is 5.56 Å². The number of hydrogen-bond donors (Lipinski definition) is 1. The van der Waals surface area contributed by atoms with Crippen LogP contribution >= 0.6 is 0 Å². The Morgan fingerprint density at radius 2 is 2.31 bits per heavy atom. The minimum Gasteiger partial charge on any atom is -0.399 e. The van der Waals surface area contributed by atoms with E-state index in [1.54, 1.807) is 25.3 Å². The van der Waals surface area contributed by atoms with E-state index < -0.39 is 0 Å². The quantitative estimate of drug-likeness (QED) is 0.768. The molecular weight excluding hydrogens is 206 g/mol. The van der Waals surface area contributed by atoms with Gasteiger partial charge in [-0.3, -0.25) is 9.36 Å². The van der Waals surface area contributed by atoms with Crippen molar-refractivity contribution in [2.24, 2.45) is 0 Å². The highest BCUT2D eigenvalue weighted by molar-refractivity contribution is 5.80. The zero-order valence-corrected chi connectivity index (χ0v) is 9.01. The molecule has 0 aliphatic carbocycles. The second kappa shape index (κ2) is 4.32. The highest BCUT2D eigenvalue weighted by Crippen LogP contribution is 2.10. The minimum atomic E-state index is -0.0675. The molecule has 0 saturated carbocycles. The number of methoxy groups -OCH3 is 1. The molecule has 1 aromatic carbocycles. The number of benzene rings is 1. The van der Waals surface area contributed by atoms with Crippen LogP contribution in [0.25, 0.3) is 10.9 Å². The smallest absolute Gasteiger partial charge is 0.261 e. The van der Waals surface area contributed by atoms with Gasteiger partial charge in [-0.15, -0.1) is 0 Å². The number of hydrogen-bond acceptors (Lipinski definition) is 4. The van der Waals surface area contributed by atoms with Crippen molar-refractivity contribution in [2.75, 3.05) is 19.5 Å². The Kier molecular flexibility index (Phi) is 2.87. The molecule has 0 saturated heterocycles. The van der Waals surface area contributed by atoms with Crippen molar-refractivity contribution in [3.8, 4) is 0 Å².